The molecule has 1 aromatic carbocycles. The molecule has 0 spiro atoms. The molecular weight excluding hydrogens is 217 g/mol. The molecule has 0 unspecified atom stereocenters. The third kappa shape index (κ3) is 1.74. The molecular formula is C13H14FN3. The number of halogens is 1. The van der Waals surface area contributed by atoms with Crippen molar-refractivity contribution in [2.45, 2.75) is 12.8 Å². The first-order valence-corrected chi connectivity index (χ1v) is 5.75. The molecule has 0 radical (unpaired) electrons. The summed E-state index contributed by atoms with van der Waals surface area (Å²) in [5.74, 6) is 0.245. The van der Waals surface area contributed by atoms with Crippen LogP contribution >= 0.6 is 0 Å². The van der Waals surface area contributed by atoms with Crippen LogP contribution in [-0.4, -0.2) is 22.6 Å². The number of aromatic nitrogens is 2. The molecule has 17 heavy (non-hydrogen) atoms. The summed E-state index contributed by atoms with van der Waals surface area (Å²) in [6.07, 6.45) is 3.51. The number of aryl methyl sites for hydroxylation is 1. The topological polar surface area (TPSA) is 29.9 Å². The van der Waals surface area contributed by atoms with Gasteiger partial charge in [0.05, 0.1) is 12.0 Å². The van der Waals surface area contributed by atoms with E-state index in [2.05, 4.69) is 10.3 Å². The van der Waals surface area contributed by atoms with E-state index in [0.717, 1.165) is 24.3 Å². The molecule has 2 aromatic rings. The highest BCUT2D eigenvalue weighted by Gasteiger charge is 2.23. The minimum atomic E-state index is -0.198. The fraction of sp³-hybridized carbons (Fsp3) is 0.308. The van der Waals surface area contributed by atoms with Gasteiger partial charge in [-0.25, -0.2) is 9.37 Å². The molecule has 0 amide bonds. The van der Waals surface area contributed by atoms with E-state index in [1.54, 1.807) is 12.4 Å². The molecule has 1 N–H and O–H groups in total. The number of hydrogen-bond donors (Lipinski definition) is 1. The predicted octanol–water partition coefficient (Wildman–Crippen LogP) is 2.01. The predicted molar refractivity (Wildman–Crippen MR) is 63.9 cm³/mol. The Balaban J connectivity index is 2.05. The first kappa shape index (κ1) is 10.5. The monoisotopic (exact) mass is 231 g/mol. The van der Waals surface area contributed by atoms with Gasteiger partial charge in [0, 0.05) is 30.9 Å². The summed E-state index contributed by atoms with van der Waals surface area (Å²) in [6, 6.07) is 5.28. The fourth-order valence-electron chi connectivity index (χ4n) is 2.11. The molecule has 0 bridgehead atoms. The molecule has 0 saturated carbocycles. The van der Waals surface area contributed by atoms with Crippen molar-refractivity contribution in [3.05, 3.63) is 47.8 Å². The van der Waals surface area contributed by atoms with Gasteiger partial charge in [-0.2, -0.15) is 0 Å². The summed E-state index contributed by atoms with van der Waals surface area (Å²) in [7, 11) is 0. The van der Waals surface area contributed by atoms with Gasteiger partial charge in [-0.15, -0.1) is 0 Å². The van der Waals surface area contributed by atoms with Crippen molar-refractivity contribution in [1.82, 2.24) is 14.9 Å². The second kappa shape index (κ2) is 3.96. The zero-order valence-corrected chi connectivity index (χ0v) is 9.65. The van der Waals surface area contributed by atoms with Crippen molar-refractivity contribution in [3.8, 4) is 5.69 Å². The average Bonchev–Trinajstić information content (AvgIpc) is 2.64. The van der Waals surface area contributed by atoms with E-state index in [9.17, 15) is 4.39 Å². The quantitative estimate of drug-likeness (QED) is 0.856. The Kier molecular flexibility index (Phi) is 2.44. The zero-order chi connectivity index (χ0) is 11.8. The molecule has 3 rings (SSSR count). The highest BCUT2D eigenvalue weighted by Crippen LogP contribution is 2.24. The van der Waals surface area contributed by atoms with Gasteiger partial charge in [0.15, 0.2) is 0 Å². The van der Waals surface area contributed by atoms with Gasteiger partial charge in [-0.1, -0.05) is 6.07 Å². The number of benzene rings is 1. The van der Waals surface area contributed by atoms with E-state index in [1.807, 2.05) is 29.8 Å². The zero-order valence-electron chi connectivity index (χ0n) is 9.65. The molecule has 1 fully saturated rings. The van der Waals surface area contributed by atoms with Crippen LogP contribution in [-0.2, 0) is 0 Å². The highest BCUT2D eigenvalue weighted by atomic mass is 19.1. The Morgan fingerprint density at radius 1 is 1.41 bits per heavy atom. The first-order valence-electron chi connectivity index (χ1n) is 5.75. The lowest BCUT2D eigenvalue weighted by Crippen LogP contribution is -2.40. The summed E-state index contributed by atoms with van der Waals surface area (Å²) in [5, 5.41) is 3.22. The van der Waals surface area contributed by atoms with Crippen LogP contribution in [0, 0.1) is 12.7 Å². The number of nitrogens with zero attached hydrogens (tertiary/aromatic N) is 2. The SMILES string of the molecule is Cc1ccc(-n2cncc2C2CNC2)c(F)c1. The van der Waals surface area contributed by atoms with E-state index < -0.39 is 0 Å². The minimum Gasteiger partial charge on any atom is -0.315 e. The van der Waals surface area contributed by atoms with Crippen LogP contribution in [0.25, 0.3) is 5.69 Å². The van der Waals surface area contributed by atoms with Gasteiger partial charge in [0.2, 0.25) is 0 Å². The Morgan fingerprint density at radius 2 is 2.24 bits per heavy atom. The van der Waals surface area contributed by atoms with Crippen LogP contribution in [0.5, 0.6) is 0 Å². The van der Waals surface area contributed by atoms with Crippen molar-refractivity contribution >= 4 is 0 Å². The smallest absolute Gasteiger partial charge is 0.147 e. The van der Waals surface area contributed by atoms with Crippen LogP contribution in [0.15, 0.2) is 30.7 Å². The summed E-state index contributed by atoms with van der Waals surface area (Å²) in [5.41, 5.74) is 2.58. The Labute approximate surface area is 99.3 Å². The normalized spacial score (nSPS) is 15.9. The molecule has 0 aliphatic carbocycles. The van der Waals surface area contributed by atoms with E-state index in [-0.39, 0.29) is 5.82 Å². The highest BCUT2D eigenvalue weighted by molar-refractivity contribution is 5.38. The van der Waals surface area contributed by atoms with Crippen molar-refractivity contribution in [2.24, 2.45) is 0 Å². The standard InChI is InChI=1S/C13H14FN3/c1-9-2-3-12(11(14)4-9)17-8-16-7-13(17)10-5-15-6-10/h2-4,7-8,10,15H,5-6H2,1H3. The molecule has 4 heteroatoms. The average molecular weight is 231 g/mol. The van der Waals surface area contributed by atoms with Crippen molar-refractivity contribution < 1.29 is 4.39 Å². The second-order valence-electron chi connectivity index (χ2n) is 4.50. The van der Waals surface area contributed by atoms with Gasteiger partial charge in [-0.05, 0) is 24.6 Å². The van der Waals surface area contributed by atoms with Gasteiger partial charge >= 0.3 is 0 Å². The maximum atomic E-state index is 13.9. The second-order valence-corrected chi connectivity index (χ2v) is 4.50. The molecule has 0 atom stereocenters. The Morgan fingerprint density at radius 3 is 2.88 bits per heavy atom. The molecule has 1 aliphatic rings. The number of rotatable bonds is 2. The lowest BCUT2D eigenvalue weighted by atomic mass is 9.99. The molecule has 3 nitrogen and oxygen atoms in total. The van der Waals surface area contributed by atoms with E-state index in [1.165, 1.54) is 0 Å². The maximum Gasteiger partial charge on any atom is 0.147 e. The largest absolute Gasteiger partial charge is 0.315 e. The van der Waals surface area contributed by atoms with Crippen LogP contribution < -0.4 is 5.32 Å². The van der Waals surface area contributed by atoms with Crippen molar-refractivity contribution in [2.75, 3.05) is 13.1 Å². The molecule has 1 aromatic heterocycles. The maximum absolute atomic E-state index is 13.9. The van der Waals surface area contributed by atoms with E-state index in [4.69, 9.17) is 0 Å². The molecule has 1 saturated heterocycles. The third-order valence-corrected chi connectivity index (χ3v) is 3.23. The van der Waals surface area contributed by atoms with Crippen LogP contribution in [0.1, 0.15) is 17.2 Å². The van der Waals surface area contributed by atoms with Crippen molar-refractivity contribution in [1.29, 1.82) is 0 Å². The summed E-state index contributed by atoms with van der Waals surface area (Å²) >= 11 is 0. The Bertz CT molecular complexity index is 543. The lowest BCUT2D eigenvalue weighted by molar-refractivity contribution is 0.434. The molecule has 88 valence electrons. The number of hydrogen-bond acceptors (Lipinski definition) is 2. The van der Waals surface area contributed by atoms with Crippen LogP contribution in [0.2, 0.25) is 0 Å². The van der Waals surface area contributed by atoms with E-state index >= 15 is 0 Å². The summed E-state index contributed by atoms with van der Waals surface area (Å²) < 4.78 is 15.8. The lowest BCUT2D eigenvalue weighted by Gasteiger charge is -2.27. The number of imidazole rings is 1. The third-order valence-electron chi connectivity index (χ3n) is 3.23. The van der Waals surface area contributed by atoms with Gasteiger partial charge < -0.3 is 5.32 Å². The summed E-state index contributed by atoms with van der Waals surface area (Å²) in [4.78, 5) is 4.13. The number of nitrogens with one attached hydrogen (secondary N) is 1. The van der Waals surface area contributed by atoms with Crippen LogP contribution in [0.3, 0.4) is 0 Å². The minimum absolute atomic E-state index is 0.198. The molecule has 2 heterocycles. The van der Waals surface area contributed by atoms with Crippen molar-refractivity contribution in [3.63, 3.8) is 0 Å². The van der Waals surface area contributed by atoms with Gasteiger partial charge in [0.1, 0.15) is 5.82 Å². The first-order chi connectivity index (χ1) is 8.25. The molecule has 1 aliphatic heterocycles. The van der Waals surface area contributed by atoms with Crippen LogP contribution in [0.4, 0.5) is 4.39 Å². The van der Waals surface area contributed by atoms with Gasteiger partial charge in [-0.3, -0.25) is 4.57 Å². The fourth-order valence-corrected chi connectivity index (χ4v) is 2.11. The van der Waals surface area contributed by atoms with E-state index in [0.29, 0.717) is 11.6 Å². The Hall–Kier alpha value is -1.68. The van der Waals surface area contributed by atoms with Gasteiger partial charge in [0.25, 0.3) is 0 Å². The summed E-state index contributed by atoms with van der Waals surface area (Å²) in [6.45, 7) is 3.77.